The highest BCUT2D eigenvalue weighted by Crippen LogP contribution is 2.42. The molecule has 3 heteroatoms. The van der Waals surface area contributed by atoms with E-state index in [0.717, 1.165) is 22.4 Å². The average molecular weight is 465 g/mol. The summed E-state index contributed by atoms with van der Waals surface area (Å²) in [7, 11) is 0. The Morgan fingerprint density at radius 2 is 1.20 bits per heavy atom. The lowest BCUT2D eigenvalue weighted by atomic mass is 9.94. The van der Waals surface area contributed by atoms with Crippen LogP contribution in [0.25, 0.3) is 58.8 Å². The van der Waals surface area contributed by atoms with Crippen LogP contribution in [0.2, 0.25) is 0 Å². The van der Waals surface area contributed by atoms with E-state index in [1.54, 1.807) is 11.3 Å². The van der Waals surface area contributed by atoms with Gasteiger partial charge in [0.25, 0.3) is 0 Å². The quantitative estimate of drug-likeness (QED) is 0.203. The van der Waals surface area contributed by atoms with Gasteiger partial charge in [-0.25, -0.2) is 0 Å². The summed E-state index contributed by atoms with van der Waals surface area (Å²) in [6.45, 7) is 0. The Morgan fingerprint density at radius 3 is 1.94 bits per heavy atom. The lowest BCUT2D eigenvalue weighted by molar-refractivity contribution is 1.18. The van der Waals surface area contributed by atoms with Crippen LogP contribution in [0.3, 0.4) is 0 Å². The standard InChI is InChI=1S/C32H20N2S/c33-20-19-25-21(17-18-31-32(25)26-12-4-8-16-30(26)35-31)22-9-1-5-13-27(22)34-28-14-6-2-10-23(28)24-11-3-7-15-29(24)34/h1-18H,33H2. The first-order chi connectivity index (χ1) is 17.3. The zero-order valence-electron chi connectivity index (χ0n) is 18.8. The lowest BCUT2D eigenvalue weighted by Gasteiger charge is -2.15. The molecule has 0 aliphatic rings. The van der Waals surface area contributed by atoms with Gasteiger partial charge in [0, 0.05) is 53.7 Å². The minimum absolute atomic E-state index is 0.982. The Bertz CT molecular complexity index is 1920. The van der Waals surface area contributed by atoms with Crippen LogP contribution in [0.5, 0.6) is 0 Å². The molecule has 2 nitrogen and oxygen atoms in total. The molecule has 0 bridgehead atoms. The number of hydrogen-bond acceptors (Lipinski definition) is 2. The summed E-state index contributed by atoms with van der Waals surface area (Å²) in [6.07, 6.45) is 0. The Hall–Kier alpha value is -4.52. The summed E-state index contributed by atoms with van der Waals surface area (Å²) in [6, 6.07) is 41.5. The van der Waals surface area contributed by atoms with Crippen molar-refractivity contribution in [1.29, 1.82) is 0 Å². The molecule has 7 aromatic rings. The molecule has 0 aliphatic carbocycles. The SMILES string of the molecule is NC#Cc1c(-c2ccccc2-n2c3ccccc3c3ccccc32)ccc2sc3ccccc3c12. The van der Waals surface area contributed by atoms with Gasteiger partial charge in [-0.1, -0.05) is 78.9 Å². The summed E-state index contributed by atoms with van der Waals surface area (Å²) in [4.78, 5) is 0. The first kappa shape index (κ1) is 19.9. The second-order valence-electron chi connectivity index (χ2n) is 8.62. The zero-order valence-corrected chi connectivity index (χ0v) is 19.6. The molecular formula is C32H20N2S. The largest absolute Gasteiger partial charge is 0.359 e. The molecule has 0 atom stereocenters. The second kappa shape index (κ2) is 7.77. The Kier molecular flexibility index (Phi) is 4.42. The number of nitrogens with two attached hydrogens (primary N) is 1. The molecule has 0 saturated carbocycles. The number of fused-ring (bicyclic) bond motifs is 6. The summed E-state index contributed by atoms with van der Waals surface area (Å²) >= 11 is 1.80. The van der Waals surface area contributed by atoms with Crippen LogP contribution in [-0.2, 0) is 0 Å². The van der Waals surface area contributed by atoms with Crippen molar-refractivity contribution in [2.75, 3.05) is 0 Å². The monoisotopic (exact) mass is 464 g/mol. The maximum absolute atomic E-state index is 5.83. The lowest BCUT2D eigenvalue weighted by Crippen LogP contribution is -1.98. The molecule has 164 valence electrons. The maximum atomic E-state index is 5.83. The second-order valence-corrected chi connectivity index (χ2v) is 9.70. The van der Waals surface area contributed by atoms with Crippen molar-refractivity contribution in [3.63, 3.8) is 0 Å². The van der Waals surface area contributed by atoms with E-state index in [0.29, 0.717) is 0 Å². The van der Waals surface area contributed by atoms with E-state index in [4.69, 9.17) is 5.73 Å². The Labute approximate surface area is 206 Å². The van der Waals surface area contributed by atoms with E-state index < -0.39 is 0 Å². The minimum atomic E-state index is 0.982. The van der Waals surface area contributed by atoms with E-state index in [9.17, 15) is 0 Å². The number of thiophene rings is 1. The van der Waals surface area contributed by atoms with E-state index in [1.807, 2.05) is 0 Å². The van der Waals surface area contributed by atoms with E-state index in [2.05, 4.69) is 126 Å². The molecule has 0 saturated heterocycles. The van der Waals surface area contributed by atoms with Gasteiger partial charge in [-0.2, -0.15) is 0 Å². The Morgan fingerprint density at radius 1 is 0.571 bits per heavy atom. The molecule has 35 heavy (non-hydrogen) atoms. The number of rotatable bonds is 2. The fourth-order valence-corrected chi connectivity index (χ4v) is 6.44. The molecular weight excluding hydrogens is 444 g/mol. The zero-order chi connectivity index (χ0) is 23.4. The molecule has 2 N–H and O–H groups in total. The van der Waals surface area contributed by atoms with Gasteiger partial charge in [-0.15, -0.1) is 11.3 Å². The molecule has 2 heterocycles. The maximum Gasteiger partial charge on any atom is 0.0541 e. The molecule has 0 spiro atoms. The van der Waals surface area contributed by atoms with E-state index in [-0.39, 0.29) is 0 Å². The molecule has 0 unspecified atom stereocenters. The van der Waals surface area contributed by atoms with Crippen LogP contribution in [0.15, 0.2) is 109 Å². The van der Waals surface area contributed by atoms with Crippen molar-refractivity contribution in [3.05, 3.63) is 115 Å². The number of aromatic nitrogens is 1. The van der Waals surface area contributed by atoms with E-state index >= 15 is 0 Å². The van der Waals surface area contributed by atoms with Crippen molar-refractivity contribution in [1.82, 2.24) is 4.57 Å². The fraction of sp³-hybridized carbons (Fsp3) is 0. The van der Waals surface area contributed by atoms with Crippen LogP contribution in [0, 0.1) is 12.0 Å². The smallest absolute Gasteiger partial charge is 0.0541 e. The van der Waals surface area contributed by atoms with Gasteiger partial charge >= 0.3 is 0 Å². The third kappa shape index (κ3) is 2.91. The van der Waals surface area contributed by atoms with Crippen molar-refractivity contribution >= 4 is 53.3 Å². The van der Waals surface area contributed by atoms with Gasteiger partial charge < -0.3 is 10.3 Å². The number of hydrogen-bond donors (Lipinski definition) is 1. The highest BCUT2D eigenvalue weighted by atomic mass is 32.1. The predicted octanol–water partition coefficient (Wildman–Crippen LogP) is 8.09. The Balaban J connectivity index is 1.61. The average Bonchev–Trinajstić information content (AvgIpc) is 3.45. The van der Waals surface area contributed by atoms with Gasteiger partial charge in [0.1, 0.15) is 0 Å². The predicted molar refractivity (Wildman–Crippen MR) is 150 cm³/mol. The van der Waals surface area contributed by atoms with Crippen LogP contribution in [0.1, 0.15) is 5.56 Å². The summed E-state index contributed by atoms with van der Waals surface area (Å²) in [5.74, 6) is 3.27. The minimum Gasteiger partial charge on any atom is -0.359 e. The van der Waals surface area contributed by atoms with Crippen molar-refractivity contribution in [2.45, 2.75) is 0 Å². The molecule has 5 aromatic carbocycles. The van der Waals surface area contributed by atoms with Gasteiger partial charge in [0.05, 0.1) is 16.7 Å². The van der Waals surface area contributed by atoms with Crippen LogP contribution in [0.4, 0.5) is 0 Å². The molecule has 7 rings (SSSR count). The first-order valence-corrected chi connectivity index (χ1v) is 12.4. The van der Waals surface area contributed by atoms with E-state index in [1.165, 1.54) is 42.0 Å². The molecule has 0 fully saturated rings. The number of para-hydroxylation sites is 3. The molecule has 2 aromatic heterocycles. The van der Waals surface area contributed by atoms with Gasteiger partial charge in [-0.3, -0.25) is 0 Å². The highest BCUT2D eigenvalue weighted by molar-refractivity contribution is 7.25. The van der Waals surface area contributed by atoms with Crippen LogP contribution in [-0.4, -0.2) is 4.57 Å². The third-order valence-electron chi connectivity index (χ3n) is 6.76. The highest BCUT2D eigenvalue weighted by Gasteiger charge is 2.18. The topological polar surface area (TPSA) is 30.9 Å². The summed E-state index contributed by atoms with van der Waals surface area (Å²) in [5.41, 5.74) is 12.5. The van der Waals surface area contributed by atoms with Crippen molar-refractivity contribution < 1.29 is 0 Å². The number of benzene rings is 5. The third-order valence-corrected chi connectivity index (χ3v) is 7.89. The fourth-order valence-electron chi connectivity index (χ4n) is 5.32. The number of nitrogens with zero attached hydrogens (tertiary/aromatic N) is 1. The molecule has 0 amide bonds. The van der Waals surface area contributed by atoms with Crippen molar-refractivity contribution in [2.24, 2.45) is 5.73 Å². The summed E-state index contributed by atoms with van der Waals surface area (Å²) < 4.78 is 4.85. The van der Waals surface area contributed by atoms with Crippen molar-refractivity contribution in [3.8, 4) is 28.8 Å². The van der Waals surface area contributed by atoms with Gasteiger partial charge in [0.15, 0.2) is 0 Å². The normalized spacial score (nSPS) is 11.3. The summed E-state index contributed by atoms with van der Waals surface area (Å²) in [5, 5.41) is 4.90. The van der Waals surface area contributed by atoms with Gasteiger partial charge in [0.2, 0.25) is 0 Å². The molecule has 0 radical (unpaired) electrons. The van der Waals surface area contributed by atoms with Crippen LogP contribution < -0.4 is 5.73 Å². The van der Waals surface area contributed by atoms with Gasteiger partial charge in [-0.05, 0) is 36.3 Å². The first-order valence-electron chi connectivity index (χ1n) is 11.6. The molecule has 0 aliphatic heterocycles. The van der Waals surface area contributed by atoms with Crippen LogP contribution >= 0.6 is 11.3 Å².